The molecule has 0 saturated carbocycles. The molecule has 9 heteroatoms. The summed E-state index contributed by atoms with van der Waals surface area (Å²) in [5, 5.41) is 2.92. The smallest absolute Gasteiger partial charge is 0.341 e. The summed E-state index contributed by atoms with van der Waals surface area (Å²) >= 11 is 0. The van der Waals surface area contributed by atoms with Crippen LogP contribution < -0.4 is 10.0 Å². The highest BCUT2D eigenvalue weighted by Gasteiger charge is 2.25. The molecule has 1 fully saturated rings. The molecule has 0 bridgehead atoms. The predicted molar refractivity (Wildman–Crippen MR) is 78.2 cm³/mol. The van der Waals surface area contributed by atoms with Crippen molar-refractivity contribution in [2.24, 2.45) is 0 Å². The minimum Gasteiger partial charge on any atom is -0.465 e. The first-order valence-electron chi connectivity index (χ1n) is 6.36. The van der Waals surface area contributed by atoms with Gasteiger partial charge in [0.05, 0.1) is 7.11 Å². The van der Waals surface area contributed by atoms with Crippen molar-refractivity contribution in [3.8, 4) is 0 Å². The van der Waals surface area contributed by atoms with E-state index in [4.69, 9.17) is 4.42 Å². The third-order valence-corrected chi connectivity index (χ3v) is 4.53. The largest absolute Gasteiger partial charge is 0.465 e. The predicted octanol–water partition coefficient (Wildman–Crippen LogP) is 0.827. The Kier molecular flexibility index (Phi) is 6.21. The third kappa shape index (κ3) is 4.19. The van der Waals surface area contributed by atoms with Gasteiger partial charge in [-0.05, 0) is 26.3 Å². The first-order chi connectivity index (χ1) is 9.44. The van der Waals surface area contributed by atoms with E-state index in [0.717, 1.165) is 19.4 Å². The number of esters is 1. The summed E-state index contributed by atoms with van der Waals surface area (Å²) in [6.07, 6.45) is 1.98. The van der Waals surface area contributed by atoms with E-state index < -0.39 is 16.0 Å². The summed E-state index contributed by atoms with van der Waals surface area (Å²) in [6, 6.07) is 1.33. The van der Waals surface area contributed by atoms with Gasteiger partial charge in [-0.2, -0.15) is 0 Å². The highest BCUT2D eigenvalue weighted by molar-refractivity contribution is 7.89. The fourth-order valence-electron chi connectivity index (χ4n) is 2.11. The van der Waals surface area contributed by atoms with E-state index >= 15 is 0 Å². The van der Waals surface area contributed by atoms with Crippen LogP contribution in [-0.2, 0) is 14.8 Å². The summed E-state index contributed by atoms with van der Waals surface area (Å²) in [4.78, 5) is 11.4. The first kappa shape index (κ1) is 18.0. The maximum atomic E-state index is 12.1. The molecular weight excluding hydrogens is 320 g/mol. The second kappa shape index (κ2) is 7.26. The van der Waals surface area contributed by atoms with Crippen LogP contribution in [0.1, 0.15) is 29.0 Å². The van der Waals surface area contributed by atoms with Gasteiger partial charge < -0.3 is 14.5 Å². The molecule has 0 aromatic carbocycles. The van der Waals surface area contributed by atoms with Crippen LogP contribution in [0.3, 0.4) is 0 Å². The summed E-state index contributed by atoms with van der Waals surface area (Å²) in [5.74, 6) is -0.402. The molecule has 1 aromatic rings. The number of aryl methyl sites for hydroxylation is 1. The van der Waals surface area contributed by atoms with Gasteiger partial charge >= 0.3 is 5.97 Å². The number of sulfonamides is 1. The van der Waals surface area contributed by atoms with Gasteiger partial charge in [-0.25, -0.2) is 17.9 Å². The van der Waals surface area contributed by atoms with Gasteiger partial charge in [0.2, 0.25) is 5.09 Å². The number of methoxy groups -OCH3 is 1. The molecule has 1 saturated heterocycles. The van der Waals surface area contributed by atoms with Gasteiger partial charge in [0, 0.05) is 18.7 Å². The lowest BCUT2D eigenvalue weighted by Gasteiger charge is -2.10. The van der Waals surface area contributed by atoms with Crippen LogP contribution in [0, 0.1) is 6.92 Å². The van der Waals surface area contributed by atoms with Gasteiger partial charge in [-0.1, -0.05) is 0 Å². The van der Waals surface area contributed by atoms with Crippen molar-refractivity contribution in [3.05, 3.63) is 17.4 Å². The van der Waals surface area contributed by atoms with Crippen LogP contribution in [0.4, 0.5) is 0 Å². The normalized spacial score (nSPS) is 18.3. The molecule has 0 radical (unpaired) electrons. The van der Waals surface area contributed by atoms with Crippen molar-refractivity contribution in [2.45, 2.75) is 30.9 Å². The molecule has 2 heterocycles. The van der Waals surface area contributed by atoms with Gasteiger partial charge in [-0.3, -0.25) is 0 Å². The number of hydrogen-bond acceptors (Lipinski definition) is 6. The lowest BCUT2D eigenvalue weighted by Crippen LogP contribution is -2.37. The van der Waals surface area contributed by atoms with E-state index in [2.05, 4.69) is 14.8 Å². The fourth-order valence-corrected chi connectivity index (χ4v) is 3.18. The lowest BCUT2D eigenvalue weighted by molar-refractivity contribution is 0.0599. The van der Waals surface area contributed by atoms with E-state index in [1.165, 1.54) is 20.1 Å². The van der Waals surface area contributed by atoms with Crippen molar-refractivity contribution in [3.63, 3.8) is 0 Å². The topological polar surface area (TPSA) is 97.6 Å². The van der Waals surface area contributed by atoms with Gasteiger partial charge in [0.1, 0.15) is 11.3 Å². The highest BCUT2D eigenvalue weighted by Crippen LogP contribution is 2.19. The number of nitrogens with one attached hydrogen (secondary N) is 2. The highest BCUT2D eigenvalue weighted by atomic mass is 35.5. The Morgan fingerprint density at radius 1 is 1.57 bits per heavy atom. The van der Waals surface area contributed by atoms with Gasteiger partial charge in [0.25, 0.3) is 10.0 Å². The number of furan rings is 1. The molecule has 21 heavy (non-hydrogen) atoms. The number of carbonyl (C=O) groups is 1. The first-order valence-corrected chi connectivity index (χ1v) is 7.84. The zero-order valence-corrected chi connectivity index (χ0v) is 13.5. The monoisotopic (exact) mass is 338 g/mol. The van der Waals surface area contributed by atoms with Crippen LogP contribution in [0.2, 0.25) is 0 Å². The number of hydrogen-bond donors (Lipinski definition) is 2. The van der Waals surface area contributed by atoms with Crippen molar-refractivity contribution in [1.82, 2.24) is 10.0 Å². The molecule has 0 aliphatic carbocycles. The quantitative estimate of drug-likeness (QED) is 0.772. The Balaban J connectivity index is 0.00000220. The molecule has 120 valence electrons. The fraction of sp³-hybridized carbons (Fsp3) is 0.583. The molecule has 1 aliphatic rings. The number of rotatable bonds is 5. The second-order valence-corrected chi connectivity index (χ2v) is 6.37. The number of ether oxygens (including phenoxy) is 1. The van der Waals surface area contributed by atoms with E-state index in [0.29, 0.717) is 6.54 Å². The summed E-state index contributed by atoms with van der Waals surface area (Å²) < 4.78 is 36.3. The molecular formula is C12H19ClN2O5S. The minimum absolute atomic E-state index is 0. The Bertz CT molecular complexity index is 593. The number of halogens is 1. The van der Waals surface area contributed by atoms with Gasteiger partial charge in [-0.15, -0.1) is 12.4 Å². The van der Waals surface area contributed by atoms with E-state index in [-0.39, 0.29) is 34.9 Å². The van der Waals surface area contributed by atoms with Crippen molar-refractivity contribution in [1.29, 1.82) is 0 Å². The minimum atomic E-state index is -3.76. The zero-order valence-electron chi connectivity index (χ0n) is 11.8. The average Bonchev–Trinajstić information content (AvgIpc) is 3.05. The summed E-state index contributed by atoms with van der Waals surface area (Å²) in [5.41, 5.74) is 0.117. The maximum Gasteiger partial charge on any atom is 0.341 e. The van der Waals surface area contributed by atoms with E-state index in [1.54, 1.807) is 0 Å². The van der Waals surface area contributed by atoms with Crippen LogP contribution in [0.15, 0.2) is 15.6 Å². The molecule has 7 nitrogen and oxygen atoms in total. The van der Waals surface area contributed by atoms with Crippen LogP contribution >= 0.6 is 12.4 Å². The van der Waals surface area contributed by atoms with Crippen molar-refractivity contribution >= 4 is 28.4 Å². The van der Waals surface area contributed by atoms with Crippen molar-refractivity contribution in [2.75, 3.05) is 20.2 Å². The molecule has 1 atom stereocenters. The molecule has 0 amide bonds. The Labute approximate surface area is 129 Å². The Morgan fingerprint density at radius 2 is 2.29 bits per heavy atom. The third-order valence-electron chi connectivity index (χ3n) is 3.25. The van der Waals surface area contributed by atoms with Crippen molar-refractivity contribution < 1.29 is 22.4 Å². The molecule has 1 aliphatic heterocycles. The molecule has 1 aromatic heterocycles. The molecule has 1 unspecified atom stereocenters. The number of carbonyl (C=O) groups excluding carboxylic acids is 1. The SMILES string of the molecule is COC(=O)c1cc(S(=O)(=O)NCC2CCCN2)oc1C.Cl. The maximum absolute atomic E-state index is 12.1. The Morgan fingerprint density at radius 3 is 2.86 bits per heavy atom. The van der Waals surface area contributed by atoms with E-state index in [1.807, 2.05) is 0 Å². The lowest BCUT2D eigenvalue weighted by atomic mass is 10.2. The molecule has 0 spiro atoms. The molecule has 2 rings (SSSR count). The zero-order chi connectivity index (χ0) is 14.8. The van der Waals surface area contributed by atoms with Crippen LogP contribution in [-0.4, -0.2) is 40.6 Å². The van der Waals surface area contributed by atoms with Gasteiger partial charge in [0.15, 0.2) is 0 Å². The second-order valence-electron chi connectivity index (χ2n) is 4.67. The van der Waals surface area contributed by atoms with Crippen LogP contribution in [0.25, 0.3) is 0 Å². The Hall–Kier alpha value is -1.09. The summed E-state index contributed by atoms with van der Waals surface area (Å²) in [6.45, 7) is 2.72. The standard InChI is InChI=1S/C12H18N2O5S.ClH/c1-8-10(12(15)18-2)6-11(19-8)20(16,17)14-7-9-4-3-5-13-9;/h6,9,13-14H,3-5,7H2,1-2H3;1H. The summed E-state index contributed by atoms with van der Waals surface area (Å²) in [7, 11) is -2.53. The van der Waals surface area contributed by atoms with Crippen LogP contribution in [0.5, 0.6) is 0 Å². The molecule has 2 N–H and O–H groups in total. The van der Waals surface area contributed by atoms with E-state index in [9.17, 15) is 13.2 Å². The average molecular weight is 339 g/mol.